The summed E-state index contributed by atoms with van der Waals surface area (Å²) in [6.45, 7) is 8.54. The van der Waals surface area contributed by atoms with Crippen LogP contribution in [0.5, 0.6) is 0 Å². The van der Waals surface area contributed by atoms with Crippen LogP contribution >= 0.6 is 0 Å². The lowest BCUT2D eigenvalue weighted by molar-refractivity contribution is -0.139. The lowest BCUT2D eigenvalue weighted by Crippen LogP contribution is -2.52. The molecule has 0 amide bonds. The summed E-state index contributed by atoms with van der Waals surface area (Å²) in [7, 11) is 1.39. The molecule has 110 valence electrons. The van der Waals surface area contributed by atoms with Gasteiger partial charge in [0.1, 0.15) is 5.76 Å². The largest absolute Gasteiger partial charge is 0.511 e. The molecule has 1 N–H and O–H groups in total. The molecule has 0 aromatic heterocycles. The maximum Gasteiger partial charge on any atom is 0.337 e. The molecule has 3 heteroatoms. The Bertz CT molecular complexity index is 504. The molecule has 0 saturated heterocycles. The van der Waals surface area contributed by atoms with Crippen molar-refractivity contribution >= 4 is 5.97 Å². The lowest BCUT2D eigenvalue weighted by Gasteiger charge is -2.59. The zero-order valence-electron chi connectivity index (χ0n) is 12.6. The summed E-state index contributed by atoms with van der Waals surface area (Å²) >= 11 is 0. The highest BCUT2D eigenvalue weighted by Crippen LogP contribution is 2.64. The molecule has 0 aromatic rings. The van der Waals surface area contributed by atoms with Gasteiger partial charge in [-0.25, -0.2) is 4.79 Å². The highest BCUT2D eigenvalue weighted by molar-refractivity contribution is 5.89. The first-order valence-electron chi connectivity index (χ1n) is 7.53. The van der Waals surface area contributed by atoms with Gasteiger partial charge < -0.3 is 9.84 Å². The summed E-state index contributed by atoms with van der Waals surface area (Å²) in [6.07, 6.45) is 3.90. The Morgan fingerprint density at radius 2 is 2.15 bits per heavy atom. The fraction of sp³-hybridized carbons (Fsp3) is 0.706. The standard InChI is InChI=1S/C17H24O3/c1-9(2)11-6-14-12-5-10(11)7-17(14,3)8-13(15(12)18)16(19)20-4/h10-12,14,18H,1,5-8H2,2-4H3/t10-,11-,12+,14?,17+/m0/s1. The summed E-state index contributed by atoms with van der Waals surface area (Å²) in [6, 6.07) is 0. The van der Waals surface area contributed by atoms with Crippen LogP contribution in [0.4, 0.5) is 0 Å². The van der Waals surface area contributed by atoms with E-state index >= 15 is 0 Å². The number of aliphatic hydroxyl groups is 1. The van der Waals surface area contributed by atoms with Crippen LogP contribution in [0.3, 0.4) is 0 Å². The van der Waals surface area contributed by atoms with Gasteiger partial charge in [0.15, 0.2) is 0 Å². The van der Waals surface area contributed by atoms with E-state index < -0.39 is 0 Å². The van der Waals surface area contributed by atoms with Gasteiger partial charge in [0.05, 0.1) is 12.7 Å². The van der Waals surface area contributed by atoms with Crippen LogP contribution in [0.15, 0.2) is 23.5 Å². The number of esters is 1. The van der Waals surface area contributed by atoms with Gasteiger partial charge in [-0.15, -0.1) is 0 Å². The van der Waals surface area contributed by atoms with Gasteiger partial charge in [-0.1, -0.05) is 19.1 Å². The van der Waals surface area contributed by atoms with Gasteiger partial charge >= 0.3 is 5.97 Å². The van der Waals surface area contributed by atoms with Crippen molar-refractivity contribution in [1.29, 1.82) is 0 Å². The third-order valence-electron chi connectivity index (χ3n) is 6.05. The van der Waals surface area contributed by atoms with Crippen molar-refractivity contribution in [2.75, 3.05) is 7.11 Å². The Hall–Kier alpha value is -1.25. The molecule has 0 radical (unpaired) electrons. The molecule has 0 heterocycles. The number of rotatable bonds is 2. The van der Waals surface area contributed by atoms with Gasteiger partial charge in [0.25, 0.3) is 0 Å². The van der Waals surface area contributed by atoms with E-state index in [0.29, 0.717) is 35.5 Å². The van der Waals surface area contributed by atoms with E-state index in [2.05, 4.69) is 20.4 Å². The topological polar surface area (TPSA) is 46.5 Å². The number of fused-ring (bicyclic) bond motifs is 1. The van der Waals surface area contributed by atoms with Gasteiger partial charge in [-0.2, -0.15) is 0 Å². The lowest BCUT2D eigenvalue weighted by atomic mass is 9.45. The minimum absolute atomic E-state index is 0.134. The van der Waals surface area contributed by atoms with Gasteiger partial charge in [0, 0.05) is 5.92 Å². The Kier molecular flexibility index (Phi) is 3.00. The summed E-state index contributed by atoms with van der Waals surface area (Å²) in [4.78, 5) is 11.9. The molecule has 0 spiro atoms. The van der Waals surface area contributed by atoms with Crippen molar-refractivity contribution in [3.05, 3.63) is 23.5 Å². The van der Waals surface area contributed by atoms with Crippen molar-refractivity contribution in [1.82, 2.24) is 0 Å². The zero-order valence-corrected chi connectivity index (χ0v) is 12.6. The smallest absolute Gasteiger partial charge is 0.337 e. The zero-order chi connectivity index (χ0) is 14.7. The fourth-order valence-corrected chi connectivity index (χ4v) is 5.16. The maximum atomic E-state index is 11.9. The second-order valence-corrected chi connectivity index (χ2v) is 7.29. The van der Waals surface area contributed by atoms with E-state index in [0.717, 1.165) is 19.3 Å². The van der Waals surface area contributed by atoms with Crippen LogP contribution in [0.1, 0.15) is 39.5 Å². The van der Waals surface area contributed by atoms with Crippen molar-refractivity contribution in [2.45, 2.75) is 39.5 Å². The number of hydrogen-bond acceptors (Lipinski definition) is 3. The quantitative estimate of drug-likeness (QED) is 0.619. The summed E-state index contributed by atoms with van der Waals surface area (Å²) in [5.74, 6) is 1.78. The van der Waals surface area contributed by atoms with Crippen LogP contribution in [-0.2, 0) is 9.53 Å². The number of allylic oxidation sites excluding steroid dienone is 2. The van der Waals surface area contributed by atoms with Crippen LogP contribution < -0.4 is 0 Å². The van der Waals surface area contributed by atoms with Crippen molar-refractivity contribution < 1.29 is 14.6 Å². The molecule has 4 aliphatic rings. The highest BCUT2D eigenvalue weighted by atomic mass is 16.5. The molecule has 3 saturated carbocycles. The van der Waals surface area contributed by atoms with E-state index in [4.69, 9.17) is 4.74 Å². The van der Waals surface area contributed by atoms with Crippen LogP contribution in [-0.4, -0.2) is 18.2 Å². The van der Waals surface area contributed by atoms with E-state index in [1.54, 1.807) is 0 Å². The summed E-state index contributed by atoms with van der Waals surface area (Å²) in [5, 5.41) is 10.5. The highest BCUT2D eigenvalue weighted by Gasteiger charge is 2.57. The molecule has 0 aromatic carbocycles. The first kappa shape index (κ1) is 13.7. The Morgan fingerprint density at radius 3 is 2.70 bits per heavy atom. The molecule has 20 heavy (non-hydrogen) atoms. The summed E-state index contributed by atoms with van der Waals surface area (Å²) in [5.41, 5.74) is 1.93. The average Bonchev–Trinajstić information content (AvgIpc) is 2.41. The van der Waals surface area contributed by atoms with Crippen LogP contribution in [0.25, 0.3) is 0 Å². The van der Waals surface area contributed by atoms with Gasteiger partial charge in [0.2, 0.25) is 0 Å². The Balaban J connectivity index is 1.97. The van der Waals surface area contributed by atoms with E-state index in [1.165, 1.54) is 12.7 Å². The van der Waals surface area contributed by atoms with Gasteiger partial charge in [-0.05, 0) is 55.8 Å². The molecule has 3 fully saturated rings. The minimum Gasteiger partial charge on any atom is -0.511 e. The number of carbonyl (C=O) groups excluding carboxylic acids is 1. The Morgan fingerprint density at radius 1 is 1.45 bits per heavy atom. The third-order valence-corrected chi connectivity index (χ3v) is 6.05. The molecule has 3 nitrogen and oxygen atoms in total. The monoisotopic (exact) mass is 276 g/mol. The second kappa shape index (κ2) is 4.37. The molecular weight excluding hydrogens is 252 g/mol. The molecule has 5 atom stereocenters. The number of carbonyl (C=O) groups is 1. The molecule has 0 aliphatic heterocycles. The second-order valence-electron chi connectivity index (χ2n) is 7.29. The molecular formula is C17H24O3. The summed E-state index contributed by atoms with van der Waals surface area (Å²) < 4.78 is 4.84. The van der Waals surface area contributed by atoms with Crippen LogP contribution in [0, 0.1) is 29.1 Å². The first-order valence-corrected chi connectivity index (χ1v) is 7.53. The van der Waals surface area contributed by atoms with E-state index in [-0.39, 0.29) is 17.3 Å². The normalized spacial score (nSPS) is 42.5. The molecule has 1 unspecified atom stereocenters. The fourth-order valence-electron chi connectivity index (χ4n) is 5.16. The van der Waals surface area contributed by atoms with Crippen molar-refractivity contribution in [3.63, 3.8) is 0 Å². The minimum atomic E-state index is -0.354. The molecule has 4 aliphatic carbocycles. The van der Waals surface area contributed by atoms with E-state index in [9.17, 15) is 9.90 Å². The number of hydrogen-bond donors (Lipinski definition) is 1. The maximum absolute atomic E-state index is 11.9. The van der Waals surface area contributed by atoms with Gasteiger partial charge in [-0.3, -0.25) is 0 Å². The third kappa shape index (κ3) is 1.75. The number of methoxy groups -OCH3 is 1. The van der Waals surface area contributed by atoms with Crippen molar-refractivity contribution in [2.24, 2.45) is 29.1 Å². The van der Waals surface area contributed by atoms with Crippen molar-refractivity contribution in [3.8, 4) is 0 Å². The SMILES string of the molecule is C=C(C)[C@@H]1CC2[C@H]3C[C@H]1C[C@]2(C)CC(C(=O)OC)=C3O. The number of ether oxygens (including phenoxy) is 1. The molecule has 4 rings (SSSR count). The number of aliphatic hydroxyl groups excluding tert-OH is 1. The average molecular weight is 276 g/mol. The first-order chi connectivity index (χ1) is 9.37. The molecule has 4 bridgehead atoms. The predicted octanol–water partition coefficient (Wildman–Crippen LogP) is 3.62. The van der Waals surface area contributed by atoms with E-state index in [1.807, 2.05) is 0 Å². The predicted molar refractivity (Wildman–Crippen MR) is 77.0 cm³/mol. The Labute approximate surface area is 120 Å². The van der Waals surface area contributed by atoms with Crippen LogP contribution in [0.2, 0.25) is 0 Å².